The van der Waals surface area contributed by atoms with Crippen molar-refractivity contribution in [1.82, 2.24) is 0 Å². The number of aliphatic carboxylic acids is 1. The zero-order chi connectivity index (χ0) is 13.9. The lowest BCUT2D eigenvalue weighted by molar-refractivity contribution is -0.385. The van der Waals surface area contributed by atoms with Crippen molar-refractivity contribution >= 4 is 33.6 Å². The fourth-order valence-electron chi connectivity index (χ4n) is 1.40. The molecule has 1 atom stereocenters. The van der Waals surface area contributed by atoms with E-state index >= 15 is 0 Å². The van der Waals surface area contributed by atoms with Crippen molar-refractivity contribution in [3.8, 4) is 0 Å². The van der Waals surface area contributed by atoms with Crippen molar-refractivity contribution in [2.45, 2.75) is 5.92 Å². The van der Waals surface area contributed by atoms with E-state index in [-0.39, 0.29) is 5.56 Å². The summed E-state index contributed by atoms with van der Waals surface area (Å²) >= 11 is 3.07. The number of carbonyl (C=O) groups is 2. The predicted molar refractivity (Wildman–Crippen MR) is 63.2 cm³/mol. The van der Waals surface area contributed by atoms with Gasteiger partial charge in [-0.3, -0.25) is 19.7 Å². The second-order valence-electron chi connectivity index (χ2n) is 3.25. The molecule has 0 bridgehead atoms. The highest BCUT2D eigenvalue weighted by Crippen LogP contribution is 2.30. The molecule has 0 fully saturated rings. The average molecular weight is 318 g/mol. The van der Waals surface area contributed by atoms with E-state index < -0.39 is 28.5 Å². The van der Waals surface area contributed by atoms with Crippen LogP contribution in [0.25, 0.3) is 0 Å². The van der Waals surface area contributed by atoms with Crippen molar-refractivity contribution in [3.63, 3.8) is 0 Å². The Morgan fingerprint density at radius 2 is 2.11 bits per heavy atom. The number of carbonyl (C=O) groups excluding carboxylic acids is 1. The number of ether oxygens (including phenoxy) is 1. The molecule has 7 nitrogen and oxygen atoms in total. The number of methoxy groups -OCH3 is 1. The van der Waals surface area contributed by atoms with Gasteiger partial charge in [0, 0.05) is 10.5 Å². The number of esters is 1. The van der Waals surface area contributed by atoms with Crippen LogP contribution in [0.15, 0.2) is 22.7 Å². The van der Waals surface area contributed by atoms with Crippen molar-refractivity contribution in [1.29, 1.82) is 0 Å². The number of hydrogen-bond acceptors (Lipinski definition) is 5. The van der Waals surface area contributed by atoms with E-state index in [4.69, 9.17) is 5.11 Å². The number of hydrogen-bond donors (Lipinski definition) is 1. The average Bonchev–Trinajstić information content (AvgIpc) is 2.28. The van der Waals surface area contributed by atoms with Gasteiger partial charge in [0.2, 0.25) is 0 Å². The third kappa shape index (κ3) is 2.83. The number of rotatable bonds is 4. The van der Waals surface area contributed by atoms with Gasteiger partial charge in [-0.1, -0.05) is 15.9 Å². The zero-order valence-corrected chi connectivity index (χ0v) is 10.7. The Balaban J connectivity index is 3.43. The van der Waals surface area contributed by atoms with Gasteiger partial charge < -0.3 is 9.84 Å². The van der Waals surface area contributed by atoms with Gasteiger partial charge in [0.15, 0.2) is 5.92 Å². The fourth-order valence-corrected chi connectivity index (χ4v) is 1.78. The third-order valence-corrected chi connectivity index (χ3v) is 2.67. The molecule has 0 aliphatic rings. The van der Waals surface area contributed by atoms with Crippen LogP contribution in [0.5, 0.6) is 0 Å². The van der Waals surface area contributed by atoms with Crippen LogP contribution in [-0.2, 0) is 14.3 Å². The van der Waals surface area contributed by atoms with Crippen LogP contribution in [0.4, 0.5) is 5.69 Å². The number of halogens is 1. The maximum atomic E-state index is 11.4. The molecule has 0 spiro atoms. The maximum absolute atomic E-state index is 11.4. The van der Waals surface area contributed by atoms with E-state index in [0.717, 1.165) is 13.2 Å². The molecule has 0 saturated heterocycles. The smallest absolute Gasteiger partial charge is 0.324 e. The van der Waals surface area contributed by atoms with E-state index in [0.29, 0.717) is 4.47 Å². The van der Waals surface area contributed by atoms with Gasteiger partial charge in [0.25, 0.3) is 5.69 Å². The van der Waals surface area contributed by atoms with Crippen LogP contribution in [0.3, 0.4) is 0 Å². The zero-order valence-electron chi connectivity index (χ0n) is 9.12. The van der Waals surface area contributed by atoms with E-state index in [9.17, 15) is 19.7 Å². The Morgan fingerprint density at radius 1 is 1.50 bits per heavy atom. The SMILES string of the molecule is COC(=O)C(C(=O)O)c1cc(Br)ccc1[N+](=O)[O-]. The van der Waals surface area contributed by atoms with E-state index in [1.54, 1.807) is 0 Å². The molecule has 0 radical (unpaired) electrons. The molecule has 0 amide bonds. The minimum Gasteiger partial charge on any atom is -0.480 e. The summed E-state index contributed by atoms with van der Waals surface area (Å²) in [6.45, 7) is 0. The standard InChI is InChI=1S/C10H8BrNO6/c1-18-10(15)8(9(13)14)6-4-5(11)2-3-7(6)12(16)17/h2-4,8H,1H3,(H,13,14). The second kappa shape index (κ2) is 5.58. The molecule has 18 heavy (non-hydrogen) atoms. The largest absolute Gasteiger partial charge is 0.480 e. The van der Waals surface area contributed by atoms with Gasteiger partial charge in [-0.2, -0.15) is 0 Å². The number of nitrogens with zero attached hydrogens (tertiary/aromatic N) is 1. The molecule has 8 heteroatoms. The summed E-state index contributed by atoms with van der Waals surface area (Å²) in [5, 5.41) is 19.8. The van der Waals surface area contributed by atoms with Gasteiger partial charge in [-0.15, -0.1) is 0 Å². The molecule has 0 aromatic heterocycles. The Kier molecular flexibility index (Phi) is 4.38. The van der Waals surface area contributed by atoms with Gasteiger partial charge in [-0.05, 0) is 12.1 Å². The molecule has 1 rings (SSSR count). The highest BCUT2D eigenvalue weighted by atomic mass is 79.9. The van der Waals surface area contributed by atoms with Crippen molar-refractivity contribution in [3.05, 3.63) is 38.3 Å². The molecule has 0 saturated carbocycles. The number of nitro groups is 1. The van der Waals surface area contributed by atoms with Crippen LogP contribution in [-0.4, -0.2) is 29.1 Å². The molecule has 1 aromatic rings. The van der Waals surface area contributed by atoms with Crippen LogP contribution >= 0.6 is 15.9 Å². The Labute approximate surface area is 110 Å². The second-order valence-corrected chi connectivity index (χ2v) is 4.17. The van der Waals surface area contributed by atoms with Crippen LogP contribution < -0.4 is 0 Å². The number of carboxylic acids is 1. The van der Waals surface area contributed by atoms with Crippen LogP contribution in [0.1, 0.15) is 11.5 Å². The summed E-state index contributed by atoms with van der Waals surface area (Å²) in [6, 6.07) is 3.73. The van der Waals surface area contributed by atoms with Gasteiger partial charge in [0.1, 0.15) is 0 Å². The van der Waals surface area contributed by atoms with Crippen molar-refractivity contribution in [2.75, 3.05) is 7.11 Å². The predicted octanol–water partition coefficient (Wildman–Crippen LogP) is 1.70. The molecule has 0 heterocycles. The quantitative estimate of drug-likeness (QED) is 0.392. The number of carboxylic acid groups (broad SMARTS) is 1. The monoisotopic (exact) mass is 317 g/mol. The first kappa shape index (κ1) is 14.1. The first-order valence-corrected chi connectivity index (χ1v) is 5.42. The third-order valence-electron chi connectivity index (χ3n) is 2.18. The van der Waals surface area contributed by atoms with E-state index in [2.05, 4.69) is 20.7 Å². The Morgan fingerprint density at radius 3 is 2.56 bits per heavy atom. The molecule has 1 unspecified atom stereocenters. The summed E-state index contributed by atoms with van der Waals surface area (Å²) in [5.74, 6) is -4.31. The summed E-state index contributed by atoms with van der Waals surface area (Å²) in [7, 11) is 1.02. The molecule has 96 valence electrons. The lowest BCUT2D eigenvalue weighted by Gasteiger charge is -2.11. The summed E-state index contributed by atoms with van der Waals surface area (Å²) < 4.78 is 4.77. The molecule has 0 aliphatic carbocycles. The summed E-state index contributed by atoms with van der Waals surface area (Å²) in [5.41, 5.74) is -0.676. The minimum absolute atomic E-state index is 0.228. The topological polar surface area (TPSA) is 107 Å². The van der Waals surface area contributed by atoms with Crippen LogP contribution in [0.2, 0.25) is 0 Å². The Bertz CT molecular complexity index is 515. The van der Waals surface area contributed by atoms with Gasteiger partial charge in [0.05, 0.1) is 17.6 Å². The minimum atomic E-state index is -1.73. The molecular formula is C10H8BrNO6. The Hall–Kier alpha value is -1.96. The van der Waals surface area contributed by atoms with Crippen LogP contribution in [0, 0.1) is 10.1 Å². The molecule has 1 N–H and O–H groups in total. The van der Waals surface area contributed by atoms with Crippen molar-refractivity contribution < 1.29 is 24.4 Å². The maximum Gasteiger partial charge on any atom is 0.324 e. The fraction of sp³-hybridized carbons (Fsp3) is 0.200. The number of nitro benzene ring substituents is 1. The summed E-state index contributed by atoms with van der Waals surface area (Å²) in [6.07, 6.45) is 0. The molecular weight excluding hydrogens is 310 g/mol. The van der Waals surface area contributed by atoms with Crippen molar-refractivity contribution in [2.24, 2.45) is 0 Å². The highest BCUT2D eigenvalue weighted by molar-refractivity contribution is 9.10. The molecule has 1 aromatic carbocycles. The first-order chi connectivity index (χ1) is 8.38. The lowest BCUT2D eigenvalue weighted by atomic mass is 9.97. The van der Waals surface area contributed by atoms with Gasteiger partial charge in [-0.25, -0.2) is 0 Å². The summed E-state index contributed by atoms with van der Waals surface area (Å²) in [4.78, 5) is 32.5. The van der Waals surface area contributed by atoms with Gasteiger partial charge >= 0.3 is 11.9 Å². The number of benzene rings is 1. The van der Waals surface area contributed by atoms with E-state index in [1.165, 1.54) is 12.1 Å². The lowest BCUT2D eigenvalue weighted by Crippen LogP contribution is -2.23. The first-order valence-electron chi connectivity index (χ1n) is 4.63. The normalized spacial score (nSPS) is 11.7. The van der Waals surface area contributed by atoms with E-state index in [1.807, 2.05) is 0 Å². The highest BCUT2D eigenvalue weighted by Gasteiger charge is 2.35. The molecule has 0 aliphatic heterocycles.